The molecular formula is C12H6F16N2O2. The summed E-state index contributed by atoms with van der Waals surface area (Å²) in [6.45, 7) is -0.959. The maximum atomic E-state index is 13.8. The molecule has 0 unspecified atom stereocenters. The van der Waals surface area contributed by atoms with E-state index in [2.05, 4.69) is 0 Å². The quantitative estimate of drug-likeness (QED) is 0.352. The number of ether oxygens (including phenoxy) is 2. The molecule has 32 heavy (non-hydrogen) atoms. The summed E-state index contributed by atoms with van der Waals surface area (Å²) < 4.78 is 221. The van der Waals surface area contributed by atoms with E-state index in [9.17, 15) is 70.2 Å². The molecule has 0 saturated carbocycles. The maximum Gasteiger partial charge on any atom is 0.445 e. The van der Waals surface area contributed by atoms with Gasteiger partial charge in [0.05, 0.1) is 0 Å². The van der Waals surface area contributed by atoms with Gasteiger partial charge in [-0.2, -0.15) is 70.2 Å². The van der Waals surface area contributed by atoms with Crippen LogP contribution in [0.2, 0.25) is 0 Å². The molecule has 0 amide bonds. The van der Waals surface area contributed by atoms with Crippen molar-refractivity contribution in [1.29, 1.82) is 0 Å². The highest BCUT2D eigenvalue weighted by Crippen LogP contribution is 2.60. The molecule has 0 aliphatic carbocycles. The van der Waals surface area contributed by atoms with Crippen LogP contribution in [0.25, 0.3) is 0 Å². The highest BCUT2D eigenvalue weighted by atomic mass is 19.4. The fraction of sp³-hybridized carbons (Fsp3) is 0.833. The Morgan fingerprint density at radius 2 is 0.562 bits per heavy atom. The fourth-order valence-corrected chi connectivity index (χ4v) is 2.61. The molecule has 2 saturated heterocycles. The highest BCUT2D eigenvalue weighted by Gasteiger charge is 2.85. The first-order chi connectivity index (χ1) is 13.7. The summed E-state index contributed by atoms with van der Waals surface area (Å²) in [5.41, 5.74) is -5.56. The molecule has 2 aliphatic heterocycles. The lowest BCUT2D eigenvalue weighted by atomic mass is 10.1. The Bertz CT molecular complexity index is 704. The molecule has 0 bridgehead atoms. The molecular weight excluding hydrogens is 508 g/mol. The zero-order valence-electron chi connectivity index (χ0n) is 14.8. The van der Waals surface area contributed by atoms with Crippen LogP contribution in [0.5, 0.6) is 0 Å². The van der Waals surface area contributed by atoms with Gasteiger partial charge in [0.15, 0.2) is 0 Å². The molecule has 0 atom stereocenters. The molecule has 2 heterocycles. The van der Waals surface area contributed by atoms with Crippen LogP contribution in [-0.2, 0) is 9.47 Å². The summed E-state index contributed by atoms with van der Waals surface area (Å²) in [5.74, 6) is 0. The lowest BCUT2D eigenvalue weighted by Gasteiger charge is -2.51. The fourth-order valence-electron chi connectivity index (χ4n) is 2.61. The standard InChI is InChI=1S/C12H6F16N2O2/c1-3(29-5(13,14)9(21,22)31-10(23,24)6(29,15)16)4(2)30-7(17,18)11(25,26)32-12(27,28)8(30,19)20/h1-2H3. The van der Waals surface area contributed by atoms with Crippen molar-refractivity contribution in [1.82, 2.24) is 9.80 Å². The summed E-state index contributed by atoms with van der Waals surface area (Å²) in [4.78, 5) is -5.37. The second-order valence-corrected chi connectivity index (χ2v) is 6.28. The van der Waals surface area contributed by atoms with Crippen LogP contribution in [0.4, 0.5) is 70.2 Å². The van der Waals surface area contributed by atoms with Crippen molar-refractivity contribution in [2.24, 2.45) is 0 Å². The van der Waals surface area contributed by atoms with E-state index in [-0.39, 0.29) is 0 Å². The summed E-state index contributed by atoms with van der Waals surface area (Å²) in [5, 5.41) is 0. The van der Waals surface area contributed by atoms with Crippen molar-refractivity contribution in [3.63, 3.8) is 0 Å². The summed E-state index contributed by atoms with van der Waals surface area (Å²) in [6, 6.07) is -26.5. The van der Waals surface area contributed by atoms with Crippen LogP contribution in [0.3, 0.4) is 0 Å². The summed E-state index contributed by atoms with van der Waals surface area (Å²) >= 11 is 0. The van der Waals surface area contributed by atoms with Gasteiger partial charge in [-0.15, -0.1) is 0 Å². The smallest absolute Gasteiger partial charge is 0.242 e. The predicted octanol–water partition coefficient (Wildman–Crippen LogP) is 5.64. The number of alkyl halides is 16. The molecule has 0 aromatic rings. The van der Waals surface area contributed by atoms with Crippen molar-refractivity contribution in [2.75, 3.05) is 0 Å². The number of nitrogens with zero attached hydrogens (tertiary/aromatic N) is 2. The monoisotopic (exact) mass is 514 g/mol. The lowest BCUT2D eigenvalue weighted by Crippen LogP contribution is -2.75. The normalized spacial score (nSPS) is 31.7. The van der Waals surface area contributed by atoms with Gasteiger partial charge in [0.25, 0.3) is 0 Å². The van der Waals surface area contributed by atoms with E-state index in [1.165, 1.54) is 0 Å². The topological polar surface area (TPSA) is 24.9 Å². The highest BCUT2D eigenvalue weighted by molar-refractivity contribution is 5.18. The zero-order valence-corrected chi connectivity index (χ0v) is 14.8. The molecule has 0 aromatic heterocycles. The van der Waals surface area contributed by atoms with Gasteiger partial charge in [0.1, 0.15) is 0 Å². The van der Waals surface area contributed by atoms with Crippen molar-refractivity contribution in [2.45, 2.75) is 62.5 Å². The third kappa shape index (κ3) is 3.07. The average molecular weight is 514 g/mol. The Hall–Kier alpha value is -1.86. The van der Waals surface area contributed by atoms with E-state index in [1.54, 1.807) is 0 Å². The molecule has 2 aliphatic rings. The summed E-state index contributed by atoms with van der Waals surface area (Å²) in [6.07, 6.45) is -26.2. The Labute approximate surface area is 164 Å². The first-order valence-electron chi connectivity index (χ1n) is 7.43. The van der Waals surface area contributed by atoms with E-state index in [0.717, 1.165) is 0 Å². The maximum absolute atomic E-state index is 13.8. The first kappa shape index (κ1) is 26.4. The number of rotatable bonds is 2. The number of morpholine rings is 2. The molecule has 0 spiro atoms. The number of allylic oxidation sites excluding steroid dienone is 2. The van der Waals surface area contributed by atoms with Crippen LogP contribution in [-0.4, -0.2) is 58.4 Å². The van der Waals surface area contributed by atoms with Crippen molar-refractivity contribution in [3.05, 3.63) is 11.4 Å². The van der Waals surface area contributed by atoms with Crippen molar-refractivity contribution in [3.8, 4) is 0 Å². The molecule has 0 aromatic carbocycles. The Balaban J connectivity index is 2.85. The van der Waals surface area contributed by atoms with Crippen molar-refractivity contribution >= 4 is 0 Å². The molecule has 0 radical (unpaired) electrons. The van der Waals surface area contributed by atoms with Crippen LogP contribution >= 0.6 is 0 Å². The minimum Gasteiger partial charge on any atom is -0.242 e. The Kier molecular flexibility index (Phi) is 5.26. The van der Waals surface area contributed by atoms with Gasteiger partial charge in [-0.05, 0) is 13.8 Å². The lowest BCUT2D eigenvalue weighted by molar-refractivity contribution is -0.561. The van der Waals surface area contributed by atoms with Crippen LogP contribution < -0.4 is 0 Å². The molecule has 20 heteroatoms. The van der Waals surface area contributed by atoms with E-state index >= 15 is 0 Å². The Morgan fingerprint density at radius 1 is 0.406 bits per heavy atom. The van der Waals surface area contributed by atoms with Gasteiger partial charge in [0, 0.05) is 11.4 Å². The van der Waals surface area contributed by atoms with Gasteiger partial charge in [-0.25, -0.2) is 19.3 Å². The van der Waals surface area contributed by atoms with Crippen LogP contribution in [0.15, 0.2) is 11.4 Å². The average Bonchev–Trinajstić information content (AvgIpc) is 2.49. The van der Waals surface area contributed by atoms with Crippen molar-refractivity contribution < 1.29 is 79.7 Å². The zero-order chi connectivity index (χ0) is 25.7. The molecule has 4 nitrogen and oxygen atoms in total. The first-order valence-corrected chi connectivity index (χ1v) is 7.43. The number of hydrogen-bond acceptors (Lipinski definition) is 4. The van der Waals surface area contributed by atoms with E-state index in [0.29, 0.717) is 0 Å². The van der Waals surface area contributed by atoms with Crippen LogP contribution in [0, 0.1) is 0 Å². The molecule has 188 valence electrons. The predicted molar refractivity (Wildman–Crippen MR) is 63.8 cm³/mol. The van der Waals surface area contributed by atoms with Crippen LogP contribution in [0.1, 0.15) is 13.8 Å². The molecule has 0 N–H and O–H groups in total. The number of halogens is 16. The molecule has 2 fully saturated rings. The minimum atomic E-state index is -6.63. The Morgan fingerprint density at radius 3 is 0.719 bits per heavy atom. The van der Waals surface area contributed by atoms with Gasteiger partial charge in [-0.1, -0.05) is 0 Å². The largest absolute Gasteiger partial charge is 0.445 e. The van der Waals surface area contributed by atoms with E-state index in [4.69, 9.17) is 0 Å². The second-order valence-electron chi connectivity index (χ2n) is 6.28. The van der Waals surface area contributed by atoms with E-state index in [1.807, 2.05) is 9.47 Å². The second kappa shape index (κ2) is 6.38. The van der Waals surface area contributed by atoms with Gasteiger partial charge in [0.2, 0.25) is 0 Å². The molecule has 2 rings (SSSR count). The minimum absolute atomic E-state index is 0.480. The van der Waals surface area contributed by atoms with E-state index < -0.39 is 83.7 Å². The van der Waals surface area contributed by atoms with Gasteiger partial charge >= 0.3 is 48.6 Å². The van der Waals surface area contributed by atoms with Gasteiger partial charge in [-0.3, -0.25) is 0 Å². The third-order valence-corrected chi connectivity index (χ3v) is 4.23. The third-order valence-electron chi connectivity index (χ3n) is 4.23. The summed E-state index contributed by atoms with van der Waals surface area (Å²) in [7, 11) is 0. The number of hydrogen-bond donors (Lipinski definition) is 0. The van der Waals surface area contributed by atoms with Gasteiger partial charge < -0.3 is 0 Å². The SMILES string of the molecule is CC(=C(C)N1C(F)(F)C(F)(F)OC(F)(F)C1(F)F)N1C(F)(F)C(F)(F)OC(F)(F)C1(F)F.